The molecule has 1 rings (SSSR count). The Kier molecular flexibility index (Phi) is 5.85. The number of hydrogen-bond acceptors (Lipinski definition) is 1. The molecule has 88 valence electrons. The minimum Gasteiger partial charge on any atom is -0.339 e. The van der Waals surface area contributed by atoms with Gasteiger partial charge in [-0.3, -0.25) is 4.79 Å². The van der Waals surface area contributed by atoms with E-state index in [1.807, 2.05) is 36.1 Å². The Labute approximate surface area is 110 Å². The van der Waals surface area contributed by atoms with Crippen LogP contribution in [0.3, 0.4) is 0 Å². The van der Waals surface area contributed by atoms with Gasteiger partial charge in [-0.15, -0.1) is 0 Å². The maximum atomic E-state index is 11.7. The standard InChI is InChI=1S/C12H15BrClNO/c1-2-15(12(16)7-8-13)9-10-5-3-4-6-11(10)14/h3-6H,2,7-9H2,1H3. The minimum absolute atomic E-state index is 0.152. The molecular formula is C12H15BrClNO. The lowest BCUT2D eigenvalue weighted by Crippen LogP contribution is -2.30. The molecule has 1 aromatic rings. The third kappa shape index (κ3) is 3.80. The van der Waals surface area contributed by atoms with E-state index < -0.39 is 0 Å². The van der Waals surface area contributed by atoms with Crippen LogP contribution >= 0.6 is 27.5 Å². The summed E-state index contributed by atoms with van der Waals surface area (Å²) in [5.41, 5.74) is 0.994. The van der Waals surface area contributed by atoms with Gasteiger partial charge < -0.3 is 4.90 Å². The predicted molar refractivity (Wildman–Crippen MR) is 71.0 cm³/mol. The van der Waals surface area contributed by atoms with E-state index in [-0.39, 0.29) is 5.91 Å². The van der Waals surface area contributed by atoms with Crippen molar-refractivity contribution in [1.82, 2.24) is 4.90 Å². The highest BCUT2D eigenvalue weighted by atomic mass is 79.9. The molecule has 0 spiro atoms. The van der Waals surface area contributed by atoms with E-state index in [1.54, 1.807) is 0 Å². The number of carbonyl (C=O) groups excluding carboxylic acids is 1. The Morgan fingerprint density at radius 3 is 2.69 bits per heavy atom. The summed E-state index contributed by atoms with van der Waals surface area (Å²) in [7, 11) is 0. The van der Waals surface area contributed by atoms with Gasteiger partial charge in [-0.05, 0) is 18.6 Å². The van der Waals surface area contributed by atoms with Gasteiger partial charge in [0.2, 0.25) is 5.91 Å². The van der Waals surface area contributed by atoms with Crippen LogP contribution in [0.1, 0.15) is 18.9 Å². The first-order valence-electron chi connectivity index (χ1n) is 5.26. The summed E-state index contributed by atoms with van der Waals surface area (Å²) in [5.74, 6) is 0.152. The molecule has 4 heteroatoms. The second kappa shape index (κ2) is 6.92. The average Bonchev–Trinajstić information content (AvgIpc) is 2.28. The van der Waals surface area contributed by atoms with Crippen molar-refractivity contribution >= 4 is 33.4 Å². The van der Waals surface area contributed by atoms with E-state index in [2.05, 4.69) is 15.9 Å². The van der Waals surface area contributed by atoms with Gasteiger partial charge >= 0.3 is 0 Å². The van der Waals surface area contributed by atoms with Gasteiger partial charge in [0, 0.05) is 29.9 Å². The summed E-state index contributed by atoms with van der Waals surface area (Å²) in [5, 5.41) is 1.41. The van der Waals surface area contributed by atoms with Crippen LogP contribution in [0.25, 0.3) is 0 Å². The summed E-state index contributed by atoms with van der Waals surface area (Å²) in [6.45, 7) is 3.27. The Bertz CT molecular complexity index is 357. The molecule has 0 aliphatic heterocycles. The van der Waals surface area contributed by atoms with Crippen LogP contribution < -0.4 is 0 Å². The first-order valence-corrected chi connectivity index (χ1v) is 6.76. The van der Waals surface area contributed by atoms with Gasteiger partial charge in [0.05, 0.1) is 0 Å². The Balaban J connectivity index is 2.70. The van der Waals surface area contributed by atoms with Gasteiger partial charge in [-0.2, -0.15) is 0 Å². The van der Waals surface area contributed by atoms with Crippen molar-refractivity contribution in [2.24, 2.45) is 0 Å². The van der Waals surface area contributed by atoms with Crippen LogP contribution in [0.4, 0.5) is 0 Å². The quantitative estimate of drug-likeness (QED) is 0.763. The maximum Gasteiger partial charge on any atom is 0.223 e. The highest BCUT2D eigenvalue weighted by molar-refractivity contribution is 9.09. The fraction of sp³-hybridized carbons (Fsp3) is 0.417. The minimum atomic E-state index is 0.152. The lowest BCUT2D eigenvalue weighted by atomic mass is 10.2. The zero-order valence-electron chi connectivity index (χ0n) is 9.25. The number of hydrogen-bond donors (Lipinski definition) is 0. The molecule has 1 aromatic carbocycles. The normalized spacial score (nSPS) is 10.2. The summed E-state index contributed by atoms with van der Waals surface area (Å²) >= 11 is 9.33. The molecule has 0 N–H and O–H groups in total. The van der Waals surface area contributed by atoms with E-state index in [9.17, 15) is 4.79 Å². The van der Waals surface area contributed by atoms with Crippen LogP contribution in [0.15, 0.2) is 24.3 Å². The lowest BCUT2D eigenvalue weighted by molar-refractivity contribution is -0.131. The maximum absolute atomic E-state index is 11.7. The van der Waals surface area contributed by atoms with Crippen LogP contribution in [-0.2, 0) is 11.3 Å². The van der Waals surface area contributed by atoms with Crippen LogP contribution in [0, 0.1) is 0 Å². The predicted octanol–water partition coefficient (Wildman–Crippen LogP) is 3.47. The number of amides is 1. The summed E-state index contributed by atoms with van der Waals surface area (Å²) in [4.78, 5) is 13.6. The smallest absolute Gasteiger partial charge is 0.223 e. The third-order valence-electron chi connectivity index (χ3n) is 2.36. The van der Waals surface area contributed by atoms with Crippen molar-refractivity contribution in [3.05, 3.63) is 34.9 Å². The number of rotatable bonds is 5. The number of halogens is 2. The van der Waals surface area contributed by atoms with E-state index >= 15 is 0 Å². The number of benzene rings is 1. The molecule has 0 unspecified atom stereocenters. The second-order valence-corrected chi connectivity index (χ2v) is 4.64. The van der Waals surface area contributed by atoms with E-state index in [1.165, 1.54) is 0 Å². The molecule has 0 saturated carbocycles. The van der Waals surface area contributed by atoms with Crippen molar-refractivity contribution in [3.8, 4) is 0 Å². The molecule has 0 heterocycles. The van der Waals surface area contributed by atoms with Gasteiger partial charge in [0.1, 0.15) is 0 Å². The molecule has 0 saturated heterocycles. The van der Waals surface area contributed by atoms with Crippen molar-refractivity contribution in [3.63, 3.8) is 0 Å². The highest BCUT2D eigenvalue weighted by Gasteiger charge is 2.12. The fourth-order valence-corrected chi connectivity index (χ4v) is 1.98. The number of carbonyl (C=O) groups is 1. The van der Waals surface area contributed by atoms with Crippen LogP contribution in [-0.4, -0.2) is 22.7 Å². The topological polar surface area (TPSA) is 20.3 Å². The highest BCUT2D eigenvalue weighted by Crippen LogP contribution is 2.17. The average molecular weight is 305 g/mol. The zero-order valence-corrected chi connectivity index (χ0v) is 11.6. The summed E-state index contributed by atoms with van der Waals surface area (Å²) < 4.78 is 0. The molecule has 0 aromatic heterocycles. The van der Waals surface area contributed by atoms with Crippen molar-refractivity contribution in [1.29, 1.82) is 0 Å². The first-order chi connectivity index (χ1) is 7.69. The van der Waals surface area contributed by atoms with E-state index in [0.717, 1.165) is 5.56 Å². The molecule has 0 aliphatic carbocycles. The van der Waals surface area contributed by atoms with Gasteiger partial charge in [-0.1, -0.05) is 45.7 Å². The molecule has 0 atom stereocenters. The van der Waals surface area contributed by atoms with E-state index in [4.69, 9.17) is 11.6 Å². The Morgan fingerprint density at radius 1 is 1.44 bits per heavy atom. The molecule has 16 heavy (non-hydrogen) atoms. The van der Waals surface area contributed by atoms with Gasteiger partial charge in [0.15, 0.2) is 0 Å². The lowest BCUT2D eigenvalue weighted by Gasteiger charge is -2.21. The molecule has 0 radical (unpaired) electrons. The fourth-order valence-electron chi connectivity index (χ4n) is 1.45. The summed E-state index contributed by atoms with van der Waals surface area (Å²) in [6.07, 6.45) is 0.526. The number of alkyl halides is 1. The summed E-state index contributed by atoms with van der Waals surface area (Å²) in [6, 6.07) is 7.62. The monoisotopic (exact) mass is 303 g/mol. The molecule has 2 nitrogen and oxygen atoms in total. The van der Waals surface area contributed by atoms with Gasteiger partial charge in [-0.25, -0.2) is 0 Å². The molecule has 1 amide bonds. The SMILES string of the molecule is CCN(Cc1ccccc1Cl)C(=O)CCBr. The first kappa shape index (κ1) is 13.5. The molecule has 0 fully saturated rings. The zero-order chi connectivity index (χ0) is 12.0. The Morgan fingerprint density at radius 2 is 2.12 bits per heavy atom. The van der Waals surface area contributed by atoms with Crippen LogP contribution in [0.2, 0.25) is 5.02 Å². The largest absolute Gasteiger partial charge is 0.339 e. The molecular weight excluding hydrogens is 289 g/mol. The Hall–Kier alpha value is -0.540. The third-order valence-corrected chi connectivity index (χ3v) is 3.13. The number of nitrogens with zero attached hydrogens (tertiary/aromatic N) is 1. The van der Waals surface area contributed by atoms with Gasteiger partial charge in [0.25, 0.3) is 0 Å². The molecule has 0 aliphatic rings. The van der Waals surface area contributed by atoms with Crippen molar-refractivity contribution in [2.45, 2.75) is 19.9 Å². The van der Waals surface area contributed by atoms with Crippen molar-refractivity contribution in [2.75, 3.05) is 11.9 Å². The molecule has 0 bridgehead atoms. The van der Waals surface area contributed by atoms with Crippen molar-refractivity contribution < 1.29 is 4.79 Å². The second-order valence-electron chi connectivity index (χ2n) is 3.44. The van der Waals surface area contributed by atoms with Crippen LogP contribution in [0.5, 0.6) is 0 Å². The van der Waals surface area contributed by atoms with E-state index in [0.29, 0.717) is 29.9 Å².